The van der Waals surface area contributed by atoms with Gasteiger partial charge >= 0.3 is 12.1 Å². The average Bonchev–Trinajstić information content (AvgIpc) is 2.63. The van der Waals surface area contributed by atoms with Crippen molar-refractivity contribution in [2.45, 2.75) is 32.5 Å². The number of fused-ring (bicyclic) bond motifs is 1. The van der Waals surface area contributed by atoms with Gasteiger partial charge in [-0.15, -0.1) is 0 Å². The van der Waals surface area contributed by atoms with Gasteiger partial charge in [-0.3, -0.25) is 0 Å². The molecule has 1 unspecified atom stereocenters. The van der Waals surface area contributed by atoms with Gasteiger partial charge in [0.2, 0.25) is 6.10 Å². The number of rotatable bonds is 4. The third-order valence-corrected chi connectivity index (χ3v) is 4.32. The molecule has 7 heteroatoms. The van der Waals surface area contributed by atoms with Gasteiger partial charge in [0.25, 0.3) is 0 Å². The monoisotopic (exact) mass is 378 g/mol. The van der Waals surface area contributed by atoms with E-state index in [4.69, 9.17) is 14.6 Å². The fraction of sp³-hybridized carbons (Fsp3) is 0.250. The van der Waals surface area contributed by atoms with Gasteiger partial charge in [0, 0.05) is 11.1 Å². The van der Waals surface area contributed by atoms with E-state index < -0.39 is 23.8 Å². The molecule has 2 aromatic carbocycles. The number of hydrogen-bond donors (Lipinski definition) is 1. The van der Waals surface area contributed by atoms with E-state index in [0.717, 1.165) is 18.1 Å². The summed E-state index contributed by atoms with van der Waals surface area (Å²) in [6, 6.07) is 10.4. The van der Waals surface area contributed by atoms with Crippen LogP contribution in [0.5, 0.6) is 17.2 Å². The standard InChI is InChI=1S/C20H17F3O4/c1-3-12-4-7-14(8-5-12)26-16-9-6-13-10-15(19(24)25)18(20(21,22)23)27-17(13)11(16)2/h4-10,18H,3H2,1-2H3,(H,24,25). The van der Waals surface area contributed by atoms with Gasteiger partial charge in [-0.2, -0.15) is 13.2 Å². The zero-order valence-electron chi connectivity index (χ0n) is 14.6. The van der Waals surface area contributed by atoms with E-state index in [9.17, 15) is 18.0 Å². The molecule has 0 radical (unpaired) electrons. The summed E-state index contributed by atoms with van der Waals surface area (Å²) in [5.41, 5.74) is 0.909. The Morgan fingerprint density at radius 2 is 1.85 bits per heavy atom. The Bertz CT molecular complexity index is 899. The van der Waals surface area contributed by atoms with Gasteiger partial charge in [0.15, 0.2) is 0 Å². The topological polar surface area (TPSA) is 55.8 Å². The smallest absolute Gasteiger partial charge is 0.430 e. The van der Waals surface area contributed by atoms with Gasteiger partial charge < -0.3 is 14.6 Å². The fourth-order valence-electron chi connectivity index (χ4n) is 2.84. The van der Waals surface area contributed by atoms with Gasteiger partial charge in [-0.1, -0.05) is 19.1 Å². The van der Waals surface area contributed by atoms with Crippen LogP contribution in [0, 0.1) is 6.92 Å². The largest absolute Gasteiger partial charge is 0.478 e. The molecule has 0 spiro atoms. The molecular formula is C20H17F3O4. The van der Waals surface area contributed by atoms with Gasteiger partial charge in [-0.25, -0.2) is 4.79 Å². The molecule has 4 nitrogen and oxygen atoms in total. The van der Waals surface area contributed by atoms with Crippen molar-refractivity contribution in [3.8, 4) is 17.2 Å². The molecule has 0 aliphatic carbocycles. The molecule has 0 aromatic heterocycles. The lowest BCUT2D eigenvalue weighted by Crippen LogP contribution is -2.40. The van der Waals surface area contributed by atoms with Crippen molar-refractivity contribution in [3.63, 3.8) is 0 Å². The van der Waals surface area contributed by atoms with Crippen LogP contribution in [0.25, 0.3) is 6.08 Å². The number of alkyl halides is 3. The second kappa shape index (κ2) is 6.98. The summed E-state index contributed by atoms with van der Waals surface area (Å²) in [5.74, 6) is -0.826. The third kappa shape index (κ3) is 3.77. The molecule has 0 saturated heterocycles. The van der Waals surface area contributed by atoms with E-state index in [1.54, 1.807) is 25.1 Å². The molecular weight excluding hydrogens is 361 g/mol. The summed E-state index contributed by atoms with van der Waals surface area (Å²) >= 11 is 0. The van der Waals surface area contributed by atoms with Crippen molar-refractivity contribution in [3.05, 3.63) is 58.7 Å². The first kappa shape index (κ1) is 18.8. The second-order valence-corrected chi connectivity index (χ2v) is 6.15. The van der Waals surface area contributed by atoms with E-state index in [1.165, 1.54) is 6.07 Å². The average molecular weight is 378 g/mol. The molecule has 1 heterocycles. The predicted molar refractivity (Wildman–Crippen MR) is 93.2 cm³/mol. The lowest BCUT2D eigenvalue weighted by Gasteiger charge is -2.28. The molecule has 27 heavy (non-hydrogen) atoms. The fourth-order valence-corrected chi connectivity index (χ4v) is 2.84. The summed E-state index contributed by atoms with van der Waals surface area (Å²) in [4.78, 5) is 11.2. The van der Waals surface area contributed by atoms with E-state index in [0.29, 0.717) is 17.1 Å². The first-order valence-electron chi connectivity index (χ1n) is 8.29. The van der Waals surface area contributed by atoms with Crippen molar-refractivity contribution >= 4 is 12.0 Å². The Morgan fingerprint density at radius 1 is 1.19 bits per heavy atom. The van der Waals surface area contributed by atoms with E-state index >= 15 is 0 Å². The Balaban J connectivity index is 1.98. The minimum atomic E-state index is -4.85. The Kier molecular flexibility index (Phi) is 4.87. The first-order valence-corrected chi connectivity index (χ1v) is 8.29. The molecule has 1 aliphatic rings. The molecule has 3 rings (SSSR count). The number of aliphatic carboxylic acids is 1. The van der Waals surface area contributed by atoms with Crippen molar-refractivity contribution in [2.75, 3.05) is 0 Å². The Hall–Kier alpha value is -2.96. The van der Waals surface area contributed by atoms with Crippen LogP contribution < -0.4 is 9.47 Å². The van der Waals surface area contributed by atoms with E-state index in [1.807, 2.05) is 19.1 Å². The normalized spacial score (nSPS) is 16.2. The second-order valence-electron chi connectivity index (χ2n) is 6.15. The summed E-state index contributed by atoms with van der Waals surface area (Å²) in [6.45, 7) is 3.60. The highest BCUT2D eigenvalue weighted by Gasteiger charge is 2.48. The Morgan fingerprint density at radius 3 is 2.41 bits per heavy atom. The zero-order chi connectivity index (χ0) is 19.8. The van der Waals surface area contributed by atoms with Gasteiger partial charge in [-0.05, 0) is 49.2 Å². The summed E-state index contributed by atoms with van der Waals surface area (Å²) in [5, 5.41) is 9.09. The highest BCUT2D eigenvalue weighted by molar-refractivity contribution is 5.95. The molecule has 0 amide bonds. The van der Waals surface area contributed by atoms with Crippen molar-refractivity contribution < 1.29 is 32.5 Å². The molecule has 142 valence electrons. The molecule has 1 atom stereocenters. The molecule has 0 bridgehead atoms. The number of hydrogen-bond acceptors (Lipinski definition) is 3. The SMILES string of the molecule is CCc1ccc(Oc2ccc3c(c2C)OC(C(F)(F)F)C(C(=O)O)=C3)cc1. The number of aryl methyl sites for hydroxylation is 1. The maximum atomic E-state index is 13.2. The number of carboxylic acids is 1. The summed E-state index contributed by atoms with van der Waals surface area (Å²) < 4.78 is 50.5. The molecule has 1 N–H and O–H groups in total. The molecule has 2 aromatic rings. The van der Waals surface area contributed by atoms with Crippen LogP contribution in [0.15, 0.2) is 42.0 Å². The number of halogens is 3. The molecule has 0 fully saturated rings. The van der Waals surface area contributed by atoms with Crippen molar-refractivity contribution in [1.82, 2.24) is 0 Å². The predicted octanol–water partition coefficient (Wildman–Crippen LogP) is 5.14. The highest BCUT2D eigenvalue weighted by atomic mass is 19.4. The van der Waals surface area contributed by atoms with Crippen molar-refractivity contribution in [1.29, 1.82) is 0 Å². The quantitative estimate of drug-likeness (QED) is 0.800. The summed E-state index contributed by atoms with van der Waals surface area (Å²) in [6.07, 6.45) is -5.50. The van der Waals surface area contributed by atoms with Crippen LogP contribution in [0.2, 0.25) is 0 Å². The van der Waals surface area contributed by atoms with Gasteiger partial charge in [0.05, 0.1) is 5.57 Å². The first-order chi connectivity index (χ1) is 12.7. The lowest BCUT2D eigenvalue weighted by molar-refractivity contribution is -0.187. The number of carboxylic acid groups (broad SMARTS) is 1. The highest BCUT2D eigenvalue weighted by Crippen LogP contribution is 2.42. The summed E-state index contributed by atoms with van der Waals surface area (Å²) in [7, 11) is 0. The van der Waals surface area contributed by atoms with E-state index in [2.05, 4.69) is 0 Å². The third-order valence-electron chi connectivity index (χ3n) is 4.32. The van der Waals surface area contributed by atoms with Crippen molar-refractivity contribution in [2.24, 2.45) is 0 Å². The maximum absolute atomic E-state index is 13.2. The van der Waals surface area contributed by atoms with Gasteiger partial charge in [0.1, 0.15) is 17.2 Å². The molecule has 0 saturated carbocycles. The number of benzene rings is 2. The van der Waals surface area contributed by atoms with Crippen LogP contribution in [-0.2, 0) is 11.2 Å². The van der Waals surface area contributed by atoms with Crippen LogP contribution in [0.1, 0.15) is 23.6 Å². The van der Waals surface area contributed by atoms with Crippen LogP contribution in [0.3, 0.4) is 0 Å². The minimum Gasteiger partial charge on any atom is -0.478 e. The van der Waals surface area contributed by atoms with Crippen LogP contribution in [0.4, 0.5) is 13.2 Å². The van der Waals surface area contributed by atoms with E-state index in [-0.39, 0.29) is 11.3 Å². The molecule has 1 aliphatic heterocycles. The minimum absolute atomic E-state index is 0.0370. The Labute approximate surface area is 153 Å². The number of carbonyl (C=O) groups is 1. The number of ether oxygens (including phenoxy) is 2. The maximum Gasteiger partial charge on any atom is 0.430 e. The van der Waals surface area contributed by atoms with Crippen LogP contribution in [-0.4, -0.2) is 23.4 Å². The zero-order valence-corrected chi connectivity index (χ0v) is 14.6. The lowest BCUT2D eigenvalue weighted by atomic mass is 9.99. The van der Waals surface area contributed by atoms with Crippen LogP contribution >= 0.6 is 0 Å².